The Balaban J connectivity index is 1.28. The quantitative estimate of drug-likeness (QED) is 0.723. The molecular weight excluding hydrogens is 380 g/mol. The monoisotopic (exact) mass is 397 g/mol. The Labute approximate surface area is 165 Å². The predicted octanol–water partition coefficient (Wildman–Crippen LogP) is 3.99. The van der Waals surface area contributed by atoms with E-state index in [0.717, 1.165) is 22.4 Å². The van der Waals surface area contributed by atoms with E-state index in [9.17, 15) is 13.6 Å². The maximum Gasteiger partial charge on any atom is 0.586 e. The molecule has 1 fully saturated rings. The lowest BCUT2D eigenvalue weighted by Gasteiger charge is -2.17. The predicted molar refractivity (Wildman–Crippen MR) is 101 cm³/mol. The van der Waals surface area contributed by atoms with E-state index in [1.807, 2.05) is 30.5 Å². The SMILES string of the molecule is O=C1C(Cc2ccc3c(c2)OC(F)(F)O3)CCN1c1ccc(-c2cn[nH]c2)cc1. The number of aromatic nitrogens is 2. The van der Waals surface area contributed by atoms with Crippen LogP contribution in [0.1, 0.15) is 12.0 Å². The number of hydrogen-bond donors (Lipinski definition) is 1. The number of amides is 1. The fraction of sp³-hybridized carbons (Fsp3) is 0.238. The van der Waals surface area contributed by atoms with Gasteiger partial charge in [0.05, 0.1) is 6.20 Å². The number of nitrogens with one attached hydrogen (secondary N) is 1. The Morgan fingerprint density at radius 1 is 1.10 bits per heavy atom. The molecule has 2 aliphatic heterocycles. The van der Waals surface area contributed by atoms with Crippen LogP contribution in [0, 0.1) is 5.92 Å². The Morgan fingerprint density at radius 3 is 2.66 bits per heavy atom. The van der Waals surface area contributed by atoms with Crippen molar-refractivity contribution >= 4 is 11.6 Å². The van der Waals surface area contributed by atoms with E-state index in [2.05, 4.69) is 19.7 Å². The Kier molecular flexibility index (Phi) is 4.01. The molecular formula is C21H17F2N3O3. The number of alkyl halides is 2. The molecule has 3 aromatic rings. The van der Waals surface area contributed by atoms with Crippen molar-refractivity contribution in [1.29, 1.82) is 0 Å². The van der Waals surface area contributed by atoms with Crippen molar-refractivity contribution < 1.29 is 23.0 Å². The molecule has 1 N–H and O–H groups in total. The van der Waals surface area contributed by atoms with E-state index < -0.39 is 6.29 Å². The van der Waals surface area contributed by atoms with E-state index in [4.69, 9.17) is 0 Å². The van der Waals surface area contributed by atoms with Crippen LogP contribution in [0.3, 0.4) is 0 Å². The standard InChI is InChI=1S/C21H17F2N3O3/c22-21(23)28-18-6-1-13(10-19(18)29-21)9-15-7-8-26(20(15)27)17-4-2-14(3-5-17)16-11-24-25-12-16/h1-6,10-12,15H,7-9H2,(H,24,25). The van der Waals surface area contributed by atoms with Gasteiger partial charge in [0, 0.05) is 29.9 Å². The minimum Gasteiger partial charge on any atom is -0.395 e. The van der Waals surface area contributed by atoms with Crippen molar-refractivity contribution in [2.24, 2.45) is 5.92 Å². The molecule has 0 spiro atoms. The van der Waals surface area contributed by atoms with E-state index in [0.29, 0.717) is 19.4 Å². The van der Waals surface area contributed by atoms with Crippen LogP contribution in [-0.4, -0.2) is 28.9 Å². The van der Waals surface area contributed by atoms with Crippen molar-refractivity contribution in [3.05, 3.63) is 60.4 Å². The number of carbonyl (C=O) groups excluding carboxylic acids is 1. The highest BCUT2D eigenvalue weighted by Crippen LogP contribution is 2.42. The van der Waals surface area contributed by atoms with E-state index in [1.54, 1.807) is 17.2 Å². The molecule has 3 heterocycles. The van der Waals surface area contributed by atoms with Crippen LogP contribution in [0.2, 0.25) is 0 Å². The molecule has 29 heavy (non-hydrogen) atoms. The number of rotatable bonds is 4. The third kappa shape index (κ3) is 3.30. The van der Waals surface area contributed by atoms with Crippen LogP contribution in [-0.2, 0) is 11.2 Å². The number of aromatic amines is 1. The smallest absolute Gasteiger partial charge is 0.395 e. The average molecular weight is 397 g/mol. The number of nitrogens with zero attached hydrogens (tertiary/aromatic N) is 2. The van der Waals surface area contributed by atoms with Gasteiger partial charge in [0.2, 0.25) is 5.91 Å². The van der Waals surface area contributed by atoms with Gasteiger partial charge in [-0.15, -0.1) is 8.78 Å². The maximum atomic E-state index is 13.2. The van der Waals surface area contributed by atoms with Gasteiger partial charge in [-0.25, -0.2) is 0 Å². The largest absolute Gasteiger partial charge is 0.586 e. The summed E-state index contributed by atoms with van der Waals surface area (Å²) in [5.74, 6) is -0.158. The van der Waals surface area contributed by atoms with Crippen LogP contribution in [0.5, 0.6) is 11.5 Å². The lowest BCUT2D eigenvalue weighted by Crippen LogP contribution is -2.27. The molecule has 1 saturated heterocycles. The molecule has 148 valence electrons. The molecule has 2 aromatic carbocycles. The van der Waals surface area contributed by atoms with Crippen molar-refractivity contribution in [1.82, 2.24) is 10.2 Å². The molecule has 0 radical (unpaired) electrons. The van der Waals surface area contributed by atoms with E-state index >= 15 is 0 Å². The summed E-state index contributed by atoms with van der Waals surface area (Å²) < 4.78 is 35.3. The normalized spacial score (nSPS) is 19.7. The molecule has 1 atom stereocenters. The first kappa shape index (κ1) is 17.7. The van der Waals surface area contributed by atoms with Gasteiger partial charge in [-0.05, 0) is 48.2 Å². The number of fused-ring (bicyclic) bond motifs is 1. The van der Waals surface area contributed by atoms with Crippen molar-refractivity contribution in [2.45, 2.75) is 19.1 Å². The minimum absolute atomic E-state index is 0.00429. The second kappa shape index (κ2) is 6.58. The zero-order chi connectivity index (χ0) is 20.0. The number of anilines is 1. The molecule has 1 unspecified atom stereocenters. The Hall–Kier alpha value is -3.42. The van der Waals surface area contributed by atoms with Crippen LogP contribution >= 0.6 is 0 Å². The lowest BCUT2D eigenvalue weighted by atomic mass is 9.98. The van der Waals surface area contributed by atoms with Crippen molar-refractivity contribution in [2.75, 3.05) is 11.4 Å². The van der Waals surface area contributed by atoms with Crippen molar-refractivity contribution in [3.8, 4) is 22.6 Å². The van der Waals surface area contributed by atoms with Gasteiger partial charge in [-0.2, -0.15) is 5.10 Å². The van der Waals surface area contributed by atoms with Gasteiger partial charge in [0.25, 0.3) is 0 Å². The fourth-order valence-electron chi connectivity index (χ4n) is 3.83. The summed E-state index contributed by atoms with van der Waals surface area (Å²) in [6.45, 7) is 0.622. The summed E-state index contributed by atoms with van der Waals surface area (Å²) in [7, 11) is 0. The highest BCUT2D eigenvalue weighted by molar-refractivity contribution is 5.97. The van der Waals surface area contributed by atoms with Crippen LogP contribution in [0.15, 0.2) is 54.9 Å². The molecule has 0 aliphatic carbocycles. The lowest BCUT2D eigenvalue weighted by molar-refractivity contribution is -0.286. The van der Waals surface area contributed by atoms with Gasteiger partial charge >= 0.3 is 6.29 Å². The van der Waals surface area contributed by atoms with Gasteiger partial charge in [0.15, 0.2) is 11.5 Å². The third-order valence-corrected chi connectivity index (χ3v) is 5.27. The fourth-order valence-corrected chi connectivity index (χ4v) is 3.83. The first-order valence-electron chi connectivity index (χ1n) is 9.28. The Bertz CT molecular complexity index is 1050. The topological polar surface area (TPSA) is 67.5 Å². The molecule has 0 bridgehead atoms. The number of hydrogen-bond acceptors (Lipinski definition) is 4. The van der Waals surface area contributed by atoms with Crippen LogP contribution < -0.4 is 14.4 Å². The summed E-state index contributed by atoms with van der Waals surface area (Å²) in [6.07, 6.45) is 1.09. The van der Waals surface area contributed by atoms with E-state index in [-0.39, 0.29) is 23.3 Å². The summed E-state index contributed by atoms with van der Waals surface area (Å²) in [5.41, 5.74) is 3.61. The molecule has 5 rings (SSSR count). The van der Waals surface area contributed by atoms with Gasteiger partial charge in [-0.3, -0.25) is 9.89 Å². The summed E-state index contributed by atoms with van der Waals surface area (Å²) in [5, 5.41) is 6.72. The number of carbonyl (C=O) groups is 1. The number of benzene rings is 2. The zero-order valence-electron chi connectivity index (χ0n) is 15.3. The summed E-state index contributed by atoms with van der Waals surface area (Å²) >= 11 is 0. The first-order chi connectivity index (χ1) is 14.0. The summed E-state index contributed by atoms with van der Waals surface area (Å²) in [4.78, 5) is 14.7. The van der Waals surface area contributed by atoms with Gasteiger partial charge < -0.3 is 14.4 Å². The molecule has 0 saturated carbocycles. The molecule has 6 nitrogen and oxygen atoms in total. The second-order valence-corrected chi connectivity index (χ2v) is 7.16. The molecule has 1 aromatic heterocycles. The highest BCUT2D eigenvalue weighted by Gasteiger charge is 2.43. The van der Waals surface area contributed by atoms with Crippen molar-refractivity contribution in [3.63, 3.8) is 0 Å². The van der Waals surface area contributed by atoms with Gasteiger partial charge in [-0.1, -0.05) is 18.2 Å². The highest BCUT2D eigenvalue weighted by atomic mass is 19.3. The van der Waals surface area contributed by atoms with Crippen LogP contribution in [0.25, 0.3) is 11.1 Å². The zero-order valence-corrected chi connectivity index (χ0v) is 15.3. The number of H-pyrrole nitrogens is 1. The third-order valence-electron chi connectivity index (χ3n) is 5.27. The average Bonchev–Trinajstić information content (AvgIpc) is 3.41. The Morgan fingerprint density at radius 2 is 1.90 bits per heavy atom. The number of ether oxygens (including phenoxy) is 2. The minimum atomic E-state index is -3.64. The number of halogens is 2. The first-order valence-corrected chi connectivity index (χ1v) is 9.28. The molecule has 8 heteroatoms. The molecule has 2 aliphatic rings. The maximum absolute atomic E-state index is 13.2. The molecule has 1 amide bonds. The summed E-state index contributed by atoms with van der Waals surface area (Å²) in [6, 6.07) is 12.4. The van der Waals surface area contributed by atoms with Gasteiger partial charge in [0.1, 0.15) is 0 Å². The van der Waals surface area contributed by atoms with Crippen LogP contribution in [0.4, 0.5) is 14.5 Å². The second-order valence-electron chi connectivity index (χ2n) is 7.16. The van der Waals surface area contributed by atoms with E-state index in [1.165, 1.54) is 12.1 Å².